The van der Waals surface area contributed by atoms with Crippen LogP contribution in [0.5, 0.6) is 5.75 Å². The highest BCUT2D eigenvalue weighted by atomic mass is 32.7. The molecular formula is C14H12NO3PS. The third-order valence-corrected chi connectivity index (χ3v) is 6.34. The number of rotatable bonds is 1. The second kappa shape index (κ2) is 5.44. The first-order chi connectivity index (χ1) is 9.70. The lowest BCUT2D eigenvalue weighted by Gasteiger charge is -2.16. The van der Waals surface area contributed by atoms with E-state index in [1.54, 1.807) is 12.3 Å². The van der Waals surface area contributed by atoms with Crippen LogP contribution in [0, 0.1) is 0 Å². The van der Waals surface area contributed by atoms with E-state index in [4.69, 9.17) is 9.05 Å². The van der Waals surface area contributed by atoms with Gasteiger partial charge in [-0.25, -0.2) is 4.57 Å². The normalized spacial score (nSPS) is 20.9. The summed E-state index contributed by atoms with van der Waals surface area (Å²) in [4.78, 5) is 5.21. The summed E-state index contributed by atoms with van der Waals surface area (Å²) in [5, 5.41) is 0. The van der Waals surface area contributed by atoms with Crippen molar-refractivity contribution in [3.63, 3.8) is 0 Å². The molecule has 0 fully saturated rings. The van der Waals surface area contributed by atoms with E-state index in [-0.39, 0.29) is 0 Å². The minimum atomic E-state index is -3.32. The Kier molecular flexibility index (Phi) is 3.66. The lowest BCUT2D eigenvalue weighted by Crippen LogP contribution is -1.94. The maximum Gasteiger partial charge on any atom is 0.444 e. The number of nitrogens with zero attached hydrogens (tertiary/aromatic N) is 1. The Balaban J connectivity index is 2.17. The van der Waals surface area contributed by atoms with Gasteiger partial charge >= 0.3 is 6.80 Å². The first kappa shape index (κ1) is 13.4. The number of hydrogen-bond donors (Lipinski definition) is 0. The zero-order valence-electron chi connectivity index (χ0n) is 10.7. The van der Waals surface area contributed by atoms with Gasteiger partial charge in [-0.3, -0.25) is 9.52 Å². The van der Waals surface area contributed by atoms with Crippen LogP contribution in [-0.4, -0.2) is 13.3 Å². The van der Waals surface area contributed by atoms with Gasteiger partial charge < -0.3 is 4.52 Å². The van der Waals surface area contributed by atoms with Crippen molar-refractivity contribution in [2.75, 3.05) is 7.11 Å². The fraction of sp³-hybridized carbons (Fsp3) is 0.0714. The van der Waals surface area contributed by atoms with Crippen LogP contribution in [-0.2, 0) is 9.09 Å². The molecule has 0 amide bonds. The molecule has 0 radical (unpaired) electrons. The zero-order chi connectivity index (χ0) is 14.0. The van der Waals surface area contributed by atoms with Gasteiger partial charge in [-0.05, 0) is 24.3 Å². The molecule has 20 heavy (non-hydrogen) atoms. The first-order valence-electron chi connectivity index (χ1n) is 5.97. The Labute approximate surface area is 121 Å². The molecule has 0 saturated carbocycles. The number of hydrogen-bond acceptors (Lipinski definition) is 5. The minimum Gasteiger partial charge on any atom is -0.416 e. The molecule has 102 valence electrons. The van der Waals surface area contributed by atoms with Gasteiger partial charge in [0.15, 0.2) is 0 Å². The zero-order valence-corrected chi connectivity index (χ0v) is 12.4. The minimum absolute atomic E-state index is 0.502. The van der Waals surface area contributed by atoms with Crippen molar-refractivity contribution in [2.24, 2.45) is 4.99 Å². The molecule has 1 aliphatic heterocycles. The lowest BCUT2D eigenvalue weighted by atomic mass is 10.2. The molecule has 1 unspecified atom stereocenters. The van der Waals surface area contributed by atoms with Crippen LogP contribution in [0.25, 0.3) is 0 Å². The van der Waals surface area contributed by atoms with Crippen molar-refractivity contribution in [3.05, 3.63) is 54.1 Å². The molecule has 0 aliphatic carbocycles. The van der Waals surface area contributed by atoms with E-state index < -0.39 is 6.80 Å². The second-order valence-electron chi connectivity index (χ2n) is 4.08. The summed E-state index contributed by atoms with van der Waals surface area (Å²) < 4.78 is 23.5. The topological polar surface area (TPSA) is 47.9 Å². The Bertz CT molecular complexity index is 662. The van der Waals surface area contributed by atoms with Gasteiger partial charge in [-0.1, -0.05) is 24.3 Å². The van der Waals surface area contributed by atoms with E-state index in [1.165, 1.54) is 7.11 Å². The smallest absolute Gasteiger partial charge is 0.416 e. The van der Waals surface area contributed by atoms with Crippen molar-refractivity contribution >= 4 is 30.1 Å². The molecule has 1 atom stereocenters. The number of fused-ring (bicyclic) bond motifs is 2. The molecule has 2 aromatic rings. The van der Waals surface area contributed by atoms with Crippen LogP contribution in [0.15, 0.2) is 58.4 Å². The standard InChI is InChI=1S/C14H12NO3PS/c1-17-19(16)18-13-8-4-2-6-11(13)10-15-12-7-3-5-9-14(12)20-19/h2-10H,1H3. The highest BCUT2D eigenvalue weighted by molar-refractivity contribution is 8.55. The summed E-state index contributed by atoms with van der Waals surface area (Å²) in [6.07, 6.45) is 1.71. The van der Waals surface area contributed by atoms with Crippen LogP contribution >= 0.6 is 18.2 Å². The van der Waals surface area contributed by atoms with Gasteiger partial charge in [-0.15, -0.1) is 0 Å². The summed E-state index contributed by atoms with van der Waals surface area (Å²) in [6.45, 7) is -3.32. The molecule has 0 spiro atoms. The summed E-state index contributed by atoms with van der Waals surface area (Å²) in [6, 6.07) is 14.8. The van der Waals surface area contributed by atoms with E-state index in [0.29, 0.717) is 5.75 Å². The Hall–Kier alpha value is -1.55. The van der Waals surface area contributed by atoms with E-state index in [1.807, 2.05) is 42.5 Å². The van der Waals surface area contributed by atoms with Crippen LogP contribution < -0.4 is 4.52 Å². The molecule has 4 nitrogen and oxygen atoms in total. The molecule has 1 heterocycles. The fourth-order valence-corrected chi connectivity index (χ4v) is 4.73. The van der Waals surface area contributed by atoms with E-state index >= 15 is 0 Å². The average molecular weight is 305 g/mol. The fourth-order valence-electron chi connectivity index (χ4n) is 1.78. The monoisotopic (exact) mass is 305 g/mol. The van der Waals surface area contributed by atoms with Gasteiger partial charge in [0, 0.05) is 35.2 Å². The van der Waals surface area contributed by atoms with Crippen LogP contribution in [0.4, 0.5) is 5.69 Å². The summed E-state index contributed by atoms with van der Waals surface area (Å²) in [5.74, 6) is 0.502. The molecular weight excluding hydrogens is 293 g/mol. The van der Waals surface area contributed by atoms with Crippen molar-refractivity contribution in [1.82, 2.24) is 0 Å². The Morgan fingerprint density at radius 2 is 1.90 bits per heavy atom. The van der Waals surface area contributed by atoms with Gasteiger partial charge in [0.1, 0.15) is 5.75 Å². The van der Waals surface area contributed by atoms with E-state index in [0.717, 1.165) is 27.5 Å². The SMILES string of the molecule is COP1(=O)Oc2ccccc2C=Nc2ccccc2S1. The molecule has 0 aromatic heterocycles. The first-order valence-corrected chi connectivity index (χ1v) is 8.94. The van der Waals surface area contributed by atoms with Gasteiger partial charge in [-0.2, -0.15) is 0 Å². The van der Waals surface area contributed by atoms with Crippen LogP contribution in [0.2, 0.25) is 0 Å². The number of benzene rings is 2. The predicted molar refractivity (Wildman–Crippen MR) is 81.2 cm³/mol. The largest absolute Gasteiger partial charge is 0.444 e. The molecule has 0 saturated heterocycles. The third-order valence-electron chi connectivity index (χ3n) is 2.77. The molecule has 3 rings (SSSR count). The van der Waals surface area contributed by atoms with Gasteiger partial charge in [0.05, 0.1) is 5.69 Å². The highest BCUT2D eigenvalue weighted by Crippen LogP contribution is 2.64. The van der Waals surface area contributed by atoms with Crippen LogP contribution in [0.3, 0.4) is 0 Å². The third kappa shape index (κ3) is 2.66. The number of aliphatic imine (C=N–C) groups is 1. The van der Waals surface area contributed by atoms with E-state index in [2.05, 4.69) is 4.99 Å². The molecule has 1 aliphatic rings. The predicted octanol–water partition coefficient (Wildman–Crippen LogP) is 4.68. The summed E-state index contributed by atoms with van der Waals surface area (Å²) in [7, 11) is 1.39. The molecule has 6 heteroatoms. The van der Waals surface area contributed by atoms with Crippen molar-refractivity contribution < 1.29 is 13.6 Å². The maximum absolute atomic E-state index is 12.7. The lowest BCUT2D eigenvalue weighted by molar-refractivity contribution is 0.342. The molecule has 0 bridgehead atoms. The van der Waals surface area contributed by atoms with Gasteiger partial charge in [0.25, 0.3) is 0 Å². The summed E-state index contributed by atoms with van der Waals surface area (Å²) in [5.41, 5.74) is 1.51. The summed E-state index contributed by atoms with van der Waals surface area (Å²) >= 11 is 1.07. The average Bonchev–Trinajstić information content (AvgIpc) is 2.53. The quantitative estimate of drug-likeness (QED) is 0.718. The molecule has 2 aromatic carbocycles. The van der Waals surface area contributed by atoms with Crippen LogP contribution in [0.1, 0.15) is 5.56 Å². The van der Waals surface area contributed by atoms with Gasteiger partial charge in [0.2, 0.25) is 0 Å². The Morgan fingerprint density at radius 3 is 2.75 bits per heavy atom. The van der Waals surface area contributed by atoms with Crippen molar-refractivity contribution in [1.29, 1.82) is 0 Å². The maximum atomic E-state index is 12.7. The molecule has 0 N–H and O–H groups in total. The van der Waals surface area contributed by atoms with Crippen molar-refractivity contribution in [3.8, 4) is 5.75 Å². The van der Waals surface area contributed by atoms with E-state index in [9.17, 15) is 4.57 Å². The number of para-hydroxylation sites is 2. The van der Waals surface area contributed by atoms with Crippen molar-refractivity contribution in [2.45, 2.75) is 4.90 Å². The highest BCUT2D eigenvalue weighted by Gasteiger charge is 2.29. The second-order valence-corrected chi connectivity index (χ2v) is 8.03. The Morgan fingerprint density at radius 1 is 1.15 bits per heavy atom.